The highest BCUT2D eigenvalue weighted by Crippen LogP contribution is 2.32. The van der Waals surface area contributed by atoms with Crippen molar-refractivity contribution in [2.45, 2.75) is 51.1 Å². The predicted octanol–water partition coefficient (Wildman–Crippen LogP) is 4.90. The summed E-state index contributed by atoms with van der Waals surface area (Å²) in [5, 5.41) is 13.1. The number of amides is 3. The number of benzene rings is 1. The van der Waals surface area contributed by atoms with Gasteiger partial charge in [0.05, 0.1) is 46.4 Å². The number of aromatic nitrogens is 3. The minimum Gasteiger partial charge on any atom is -0.478 e. The first-order valence-corrected chi connectivity index (χ1v) is 18.6. The zero-order chi connectivity index (χ0) is 37.3. The van der Waals surface area contributed by atoms with Crippen molar-refractivity contribution in [1.82, 2.24) is 29.7 Å². The first kappa shape index (κ1) is 37.6. The number of ether oxygens (including phenoxy) is 1. The molecule has 5 heterocycles. The lowest BCUT2D eigenvalue weighted by Crippen LogP contribution is -2.54. The van der Waals surface area contributed by atoms with Crippen LogP contribution in [0.3, 0.4) is 0 Å². The lowest BCUT2D eigenvalue weighted by atomic mass is 10.0. The summed E-state index contributed by atoms with van der Waals surface area (Å²) in [5.74, 6) is 0.345. The monoisotopic (exact) mass is 739 g/mol. The summed E-state index contributed by atoms with van der Waals surface area (Å²) in [4.78, 5) is 53.9. The summed E-state index contributed by atoms with van der Waals surface area (Å²) in [6.45, 7) is 7.77. The van der Waals surface area contributed by atoms with Crippen LogP contribution in [-0.4, -0.2) is 108 Å². The van der Waals surface area contributed by atoms with E-state index in [2.05, 4.69) is 41.9 Å². The van der Waals surface area contributed by atoms with Crippen LogP contribution in [0.15, 0.2) is 61.2 Å². The predicted molar refractivity (Wildman–Crippen MR) is 204 cm³/mol. The van der Waals surface area contributed by atoms with Crippen molar-refractivity contribution >= 4 is 52.1 Å². The van der Waals surface area contributed by atoms with Crippen molar-refractivity contribution in [2.24, 2.45) is 0 Å². The second-order valence-electron chi connectivity index (χ2n) is 13.6. The number of likely N-dealkylation sites (tertiary alicyclic amines) is 1. The molecule has 2 aliphatic heterocycles. The number of carbonyl (C=O) groups is 3. The summed E-state index contributed by atoms with van der Waals surface area (Å²) in [5.41, 5.74) is 3.64. The van der Waals surface area contributed by atoms with Gasteiger partial charge in [-0.05, 0) is 69.5 Å². The van der Waals surface area contributed by atoms with E-state index in [4.69, 9.17) is 21.6 Å². The van der Waals surface area contributed by atoms with Gasteiger partial charge in [-0.1, -0.05) is 11.6 Å². The lowest BCUT2D eigenvalue weighted by molar-refractivity contribution is -0.120. The van der Waals surface area contributed by atoms with Gasteiger partial charge in [0.2, 0.25) is 18.2 Å². The van der Waals surface area contributed by atoms with Crippen molar-refractivity contribution in [2.75, 3.05) is 69.3 Å². The van der Waals surface area contributed by atoms with Gasteiger partial charge in [0.25, 0.3) is 5.91 Å². The highest BCUT2D eigenvalue weighted by molar-refractivity contribution is 6.32. The number of piperidine rings is 1. The number of hydrogen-bond acceptors (Lipinski definition) is 9. The van der Waals surface area contributed by atoms with Gasteiger partial charge in [-0.3, -0.25) is 19.4 Å². The number of nitriles is 1. The van der Waals surface area contributed by atoms with E-state index in [0.717, 1.165) is 68.3 Å². The van der Waals surface area contributed by atoms with Crippen LogP contribution in [0.25, 0.3) is 10.9 Å². The average Bonchev–Trinajstić information content (AvgIpc) is 3.63. The van der Waals surface area contributed by atoms with Crippen molar-refractivity contribution < 1.29 is 19.1 Å². The molecule has 0 saturated carbocycles. The van der Waals surface area contributed by atoms with E-state index in [1.54, 1.807) is 42.5 Å². The van der Waals surface area contributed by atoms with Gasteiger partial charge >= 0.3 is 0 Å². The number of unbranched alkanes of at least 4 members (excludes halogenated alkanes) is 1. The van der Waals surface area contributed by atoms with Crippen LogP contribution in [-0.2, 0) is 9.59 Å². The molecule has 2 aliphatic rings. The number of carbonyl (C=O) groups excluding carboxylic acids is 3. The van der Waals surface area contributed by atoms with E-state index >= 15 is 0 Å². The molecule has 1 N–H and O–H groups in total. The molecular weight excluding hydrogens is 694 g/mol. The standard InChI is InChI=1S/C39H46ClN9O4/c1-28-26-46(32-7-5-29(22-41)34(40)21-32)18-19-48(28)39(52)30-6-8-38(44-23-30)53-20-4-3-13-45-14-9-31(10-15-45)49-17-11-33-35(24-43-25-36(33)49)47(27-50)16-12-37(51)42-2/h5-8,11,17,21,23-25,27-28,31H,3-4,9-10,12-16,18-20,26H2,1-2H3,(H,42,51). The Hall–Kier alpha value is -5.19. The number of rotatable bonds is 14. The van der Waals surface area contributed by atoms with Gasteiger partial charge in [0.15, 0.2) is 0 Å². The fourth-order valence-electron chi connectivity index (χ4n) is 7.26. The van der Waals surface area contributed by atoms with E-state index in [-0.39, 0.29) is 24.3 Å². The molecule has 0 aliphatic carbocycles. The lowest BCUT2D eigenvalue weighted by Gasteiger charge is -2.41. The maximum absolute atomic E-state index is 13.3. The number of pyridine rings is 2. The van der Waals surface area contributed by atoms with Crippen LogP contribution in [0.1, 0.15) is 61.0 Å². The van der Waals surface area contributed by atoms with Crippen LogP contribution in [0.2, 0.25) is 5.02 Å². The Morgan fingerprint density at radius 2 is 1.92 bits per heavy atom. The molecule has 2 saturated heterocycles. The smallest absolute Gasteiger partial charge is 0.255 e. The molecule has 1 atom stereocenters. The van der Waals surface area contributed by atoms with Gasteiger partial charge in [0, 0.05) is 94.4 Å². The first-order chi connectivity index (χ1) is 25.8. The summed E-state index contributed by atoms with van der Waals surface area (Å²) in [6, 6.07) is 13.4. The van der Waals surface area contributed by atoms with E-state index in [0.29, 0.717) is 66.5 Å². The summed E-state index contributed by atoms with van der Waals surface area (Å²) in [7, 11) is 1.59. The van der Waals surface area contributed by atoms with Crippen molar-refractivity contribution in [3.05, 3.63) is 77.3 Å². The molecule has 3 aromatic heterocycles. The summed E-state index contributed by atoms with van der Waals surface area (Å²) >= 11 is 6.25. The number of nitrogens with one attached hydrogen (secondary N) is 1. The Morgan fingerprint density at radius 3 is 2.62 bits per heavy atom. The fourth-order valence-corrected chi connectivity index (χ4v) is 7.48. The Bertz CT molecular complexity index is 1940. The molecule has 0 radical (unpaired) electrons. The van der Waals surface area contributed by atoms with E-state index in [9.17, 15) is 14.4 Å². The molecule has 14 heteroatoms. The highest BCUT2D eigenvalue weighted by atomic mass is 35.5. The van der Waals surface area contributed by atoms with Crippen LogP contribution >= 0.6 is 11.6 Å². The van der Waals surface area contributed by atoms with Crippen molar-refractivity contribution in [3.8, 4) is 11.9 Å². The van der Waals surface area contributed by atoms with E-state index in [1.165, 1.54) is 0 Å². The highest BCUT2D eigenvalue weighted by Gasteiger charge is 2.29. The topological polar surface area (TPSA) is 140 Å². The summed E-state index contributed by atoms with van der Waals surface area (Å²) < 4.78 is 8.19. The Morgan fingerprint density at radius 1 is 1.09 bits per heavy atom. The van der Waals surface area contributed by atoms with E-state index < -0.39 is 0 Å². The Kier molecular flexibility index (Phi) is 12.4. The second-order valence-corrected chi connectivity index (χ2v) is 14.0. The molecule has 278 valence electrons. The third-order valence-electron chi connectivity index (χ3n) is 10.3. The molecule has 2 fully saturated rings. The summed E-state index contributed by atoms with van der Waals surface area (Å²) in [6.07, 6.45) is 12.2. The average molecular weight is 740 g/mol. The number of piperazine rings is 1. The van der Waals surface area contributed by atoms with Crippen molar-refractivity contribution in [1.29, 1.82) is 5.26 Å². The Labute approximate surface area is 315 Å². The number of nitrogens with zero attached hydrogens (tertiary/aromatic N) is 8. The number of fused-ring (bicyclic) bond motifs is 1. The van der Waals surface area contributed by atoms with Gasteiger partial charge in [-0.25, -0.2) is 4.98 Å². The van der Waals surface area contributed by atoms with Crippen LogP contribution < -0.4 is 19.9 Å². The number of hydrogen-bond donors (Lipinski definition) is 1. The molecule has 0 bridgehead atoms. The third-order valence-corrected chi connectivity index (χ3v) is 10.6. The van der Waals surface area contributed by atoms with E-state index in [1.807, 2.05) is 36.2 Å². The first-order valence-electron chi connectivity index (χ1n) is 18.2. The van der Waals surface area contributed by atoms with Gasteiger partial charge in [0.1, 0.15) is 6.07 Å². The minimum atomic E-state index is -0.114. The quantitative estimate of drug-likeness (QED) is 0.141. The van der Waals surface area contributed by atoms with Gasteiger partial charge in [-0.2, -0.15) is 5.26 Å². The molecule has 4 aromatic rings. The Balaban J connectivity index is 0.907. The molecular formula is C39H46ClN9O4. The maximum Gasteiger partial charge on any atom is 0.255 e. The molecule has 53 heavy (non-hydrogen) atoms. The molecule has 0 spiro atoms. The van der Waals surface area contributed by atoms with Crippen molar-refractivity contribution in [3.63, 3.8) is 0 Å². The van der Waals surface area contributed by atoms with Crippen LogP contribution in [0.4, 0.5) is 11.4 Å². The van der Waals surface area contributed by atoms with Gasteiger partial charge < -0.3 is 34.2 Å². The van der Waals surface area contributed by atoms with Crippen LogP contribution in [0.5, 0.6) is 5.88 Å². The largest absolute Gasteiger partial charge is 0.478 e. The SMILES string of the molecule is CNC(=O)CCN(C=O)c1cncc2c1ccn2C1CCN(CCCCOc2ccc(C(=O)N3CCN(c4ccc(C#N)c(Cl)c4)CC3C)cn2)CC1. The fraction of sp³-hybridized carbons (Fsp3) is 0.436. The molecule has 3 amide bonds. The second kappa shape index (κ2) is 17.6. The van der Waals surface area contributed by atoms with Crippen LogP contribution in [0, 0.1) is 11.3 Å². The maximum atomic E-state index is 13.3. The zero-order valence-electron chi connectivity index (χ0n) is 30.3. The third kappa shape index (κ3) is 8.89. The number of halogens is 1. The minimum absolute atomic E-state index is 0.0135. The molecule has 1 unspecified atom stereocenters. The normalized spacial score (nSPS) is 16.7. The molecule has 13 nitrogen and oxygen atoms in total. The molecule has 1 aromatic carbocycles. The van der Waals surface area contributed by atoms with Gasteiger partial charge in [-0.15, -0.1) is 0 Å². The zero-order valence-corrected chi connectivity index (χ0v) is 31.0. The molecule has 6 rings (SSSR count). The number of anilines is 2.